The molecule has 0 radical (unpaired) electrons. The summed E-state index contributed by atoms with van der Waals surface area (Å²) >= 11 is 1.21. The lowest BCUT2D eigenvalue weighted by atomic mass is 10.2. The number of thiophene rings is 1. The van der Waals surface area contributed by atoms with Crippen molar-refractivity contribution >= 4 is 33.8 Å². The number of furan rings is 1. The molecule has 0 aliphatic rings. The second-order valence-corrected chi connectivity index (χ2v) is 7.47. The van der Waals surface area contributed by atoms with Crippen molar-refractivity contribution in [3.8, 4) is 0 Å². The Hall–Kier alpha value is -3.65. The van der Waals surface area contributed by atoms with E-state index in [-0.39, 0.29) is 17.6 Å². The van der Waals surface area contributed by atoms with Crippen molar-refractivity contribution in [2.45, 2.75) is 13.5 Å². The van der Waals surface area contributed by atoms with Gasteiger partial charge in [0.15, 0.2) is 5.76 Å². The molecule has 0 saturated carbocycles. The highest BCUT2D eigenvalue weighted by molar-refractivity contribution is 7.18. The van der Waals surface area contributed by atoms with E-state index in [9.17, 15) is 9.59 Å². The number of carbonyl (C=O) groups is 2. The molecule has 146 valence electrons. The second-order valence-electron chi connectivity index (χ2n) is 6.42. The van der Waals surface area contributed by atoms with E-state index in [0.29, 0.717) is 22.1 Å². The number of nitrogens with one attached hydrogen (secondary N) is 2. The Morgan fingerprint density at radius 1 is 1.10 bits per heavy atom. The normalized spacial score (nSPS) is 10.7. The first-order valence-corrected chi connectivity index (χ1v) is 9.73. The summed E-state index contributed by atoms with van der Waals surface area (Å²) in [5.74, 6) is -0.386. The van der Waals surface area contributed by atoms with Gasteiger partial charge in [-0.3, -0.25) is 14.3 Å². The number of amides is 2. The minimum atomic E-state index is -0.356. The molecular formula is C21H18N4O3S. The number of aryl methyl sites for hydroxylation is 1. The van der Waals surface area contributed by atoms with Crippen molar-refractivity contribution in [1.29, 1.82) is 0 Å². The zero-order valence-corrected chi connectivity index (χ0v) is 16.4. The number of benzene rings is 1. The van der Waals surface area contributed by atoms with Gasteiger partial charge in [-0.15, -0.1) is 11.3 Å². The molecule has 0 aliphatic heterocycles. The van der Waals surface area contributed by atoms with Crippen molar-refractivity contribution in [1.82, 2.24) is 9.78 Å². The van der Waals surface area contributed by atoms with Crippen molar-refractivity contribution < 1.29 is 14.0 Å². The van der Waals surface area contributed by atoms with E-state index in [1.165, 1.54) is 17.6 Å². The van der Waals surface area contributed by atoms with Crippen LogP contribution in [0.4, 0.5) is 10.7 Å². The maximum absolute atomic E-state index is 12.7. The molecule has 3 aromatic heterocycles. The lowest BCUT2D eigenvalue weighted by Gasteiger charge is -2.02. The van der Waals surface area contributed by atoms with Crippen LogP contribution in [0.25, 0.3) is 0 Å². The van der Waals surface area contributed by atoms with Gasteiger partial charge in [-0.25, -0.2) is 0 Å². The summed E-state index contributed by atoms with van der Waals surface area (Å²) in [7, 11) is 0. The maximum atomic E-state index is 12.7. The highest BCUT2D eigenvalue weighted by Crippen LogP contribution is 2.28. The van der Waals surface area contributed by atoms with Crippen LogP contribution >= 0.6 is 11.3 Å². The quantitative estimate of drug-likeness (QED) is 0.497. The smallest absolute Gasteiger partial charge is 0.291 e. The summed E-state index contributed by atoms with van der Waals surface area (Å²) in [6, 6.07) is 14.9. The Labute approximate surface area is 171 Å². The molecule has 0 atom stereocenters. The largest absolute Gasteiger partial charge is 0.459 e. The van der Waals surface area contributed by atoms with Gasteiger partial charge in [0.1, 0.15) is 0 Å². The molecule has 0 bridgehead atoms. The van der Waals surface area contributed by atoms with E-state index in [2.05, 4.69) is 15.7 Å². The Morgan fingerprint density at radius 3 is 2.69 bits per heavy atom. The molecule has 0 spiro atoms. The highest BCUT2D eigenvalue weighted by Gasteiger charge is 2.17. The van der Waals surface area contributed by atoms with Crippen LogP contribution in [0.15, 0.2) is 71.6 Å². The first kappa shape index (κ1) is 18.7. The van der Waals surface area contributed by atoms with Crippen LogP contribution in [0.3, 0.4) is 0 Å². The number of nitrogens with zero attached hydrogens (tertiary/aromatic N) is 2. The molecule has 4 aromatic rings. The van der Waals surface area contributed by atoms with Crippen LogP contribution in [0.1, 0.15) is 31.4 Å². The number of anilines is 2. The zero-order chi connectivity index (χ0) is 20.2. The minimum absolute atomic E-state index is 0.216. The molecule has 29 heavy (non-hydrogen) atoms. The summed E-state index contributed by atoms with van der Waals surface area (Å²) in [6.07, 6.45) is 4.84. The van der Waals surface area contributed by atoms with E-state index < -0.39 is 0 Å². The van der Waals surface area contributed by atoms with Gasteiger partial charge in [-0.05, 0) is 36.2 Å². The van der Waals surface area contributed by atoms with Crippen LogP contribution in [0.5, 0.6) is 0 Å². The molecule has 0 aliphatic carbocycles. The van der Waals surface area contributed by atoms with E-state index in [4.69, 9.17) is 4.42 Å². The van der Waals surface area contributed by atoms with Gasteiger partial charge < -0.3 is 15.1 Å². The minimum Gasteiger partial charge on any atom is -0.459 e. The average Bonchev–Trinajstić information content (AvgIpc) is 3.44. The third-order valence-electron chi connectivity index (χ3n) is 4.18. The lowest BCUT2D eigenvalue weighted by Crippen LogP contribution is -2.11. The molecule has 1 aromatic carbocycles. The van der Waals surface area contributed by atoms with E-state index in [1.807, 2.05) is 37.3 Å². The molecule has 0 fully saturated rings. The Balaban J connectivity index is 1.41. The van der Waals surface area contributed by atoms with E-state index in [0.717, 1.165) is 11.1 Å². The van der Waals surface area contributed by atoms with Gasteiger partial charge in [-0.2, -0.15) is 5.10 Å². The first-order valence-electron chi connectivity index (χ1n) is 8.91. The zero-order valence-electron chi connectivity index (χ0n) is 15.6. The molecule has 0 saturated heterocycles. The third-order valence-corrected chi connectivity index (χ3v) is 5.34. The molecule has 2 N–H and O–H groups in total. The van der Waals surface area contributed by atoms with Gasteiger partial charge in [0.25, 0.3) is 11.8 Å². The molecule has 3 heterocycles. The van der Waals surface area contributed by atoms with Crippen LogP contribution in [-0.2, 0) is 6.54 Å². The van der Waals surface area contributed by atoms with Crippen molar-refractivity contribution in [3.05, 3.63) is 89.0 Å². The summed E-state index contributed by atoms with van der Waals surface area (Å²) < 4.78 is 6.85. The number of hydrogen-bond donors (Lipinski definition) is 2. The number of hydrogen-bond acceptors (Lipinski definition) is 5. The van der Waals surface area contributed by atoms with Crippen LogP contribution in [0, 0.1) is 6.92 Å². The predicted octanol–water partition coefficient (Wildman–Crippen LogP) is 4.40. The molecule has 2 amide bonds. The van der Waals surface area contributed by atoms with Gasteiger partial charge >= 0.3 is 0 Å². The SMILES string of the molecule is Cc1cc(NC(=O)c2ccco2)sc1C(=O)Nc1cnn(Cc2ccccc2)c1. The van der Waals surface area contributed by atoms with Crippen molar-refractivity contribution in [3.63, 3.8) is 0 Å². The monoisotopic (exact) mass is 406 g/mol. The van der Waals surface area contributed by atoms with Gasteiger partial charge in [0.05, 0.1) is 34.6 Å². The molecule has 0 unspecified atom stereocenters. The second kappa shape index (κ2) is 8.15. The fourth-order valence-electron chi connectivity index (χ4n) is 2.82. The summed E-state index contributed by atoms with van der Waals surface area (Å²) in [4.78, 5) is 25.3. The lowest BCUT2D eigenvalue weighted by molar-refractivity contribution is 0.0995. The molecule has 4 rings (SSSR count). The van der Waals surface area contributed by atoms with Crippen LogP contribution in [0.2, 0.25) is 0 Å². The standard InChI is InChI=1S/C21H18N4O3S/c1-14-10-18(24-20(26)17-8-5-9-28-17)29-19(14)21(27)23-16-11-22-25(13-16)12-15-6-3-2-4-7-15/h2-11,13H,12H2,1H3,(H,23,27)(H,24,26). The fraction of sp³-hybridized carbons (Fsp3) is 0.0952. The Bertz CT molecular complexity index is 1130. The third kappa shape index (κ3) is 4.44. The number of carbonyl (C=O) groups excluding carboxylic acids is 2. The number of rotatable bonds is 6. The van der Waals surface area contributed by atoms with E-state index in [1.54, 1.807) is 35.3 Å². The maximum Gasteiger partial charge on any atom is 0.291 e. The van der Waals surface area contributed by atoms with Crippen LogP contribution in [-0.4, -0.2) is 21.6 Å². The van der Waals surface area contributed by atoms with Crippen molar-refractivity contribution in [2.75, 3.05) is 10.6 Å². The van der Waals surface area contributed by atoms with Gasteiger partial charge in [0, 0.05) is 6.20 Å². The predicted molar refractivity (Wildman–Crippen MR) is 111 cm³/mol. The fourth-order valence-corrected chi connectivity index (χ4v) is 3.79. The summed E-state index contributed by atoms with van der Waals surface area (Å²) in [6.45, 7) is 2.45. The van der Waals surface area contributed by atoms with Gasteiger partial charge in [0.2, 0.25) is 0 Å². The summed E-state index contributed by atoms with van der Waals surface area (Å²) in [5, 5.41) is 10.5. The molecular weight excluding hydrogens is 388 g/mol. The molecule has 8 heteroatoms. The summed E-state index contributed by atoms with van der Waals surface area (Å²) in [5.41, 5.74) is 2.51. The highest BCUT2D eigenvalue weighted by atomic mass is 32.1. The molecule has 7 nitrogen and oxygen atoms in total. The first-order chi connectivity index (χ1) is 14.1. The van der Waals surface area contributed by atoms with E-state index >= 15 is 0 Å². The Morgan fingerprint density at radius 2 is 1.93 bits per heavy atom. The number of aromatic nitrogens is 2. The topological polar surface area (TPSA) is 89.2 Å². The Kier molecular flexibility index (Phi) is 5.26. The van der Waals surface area contributed by atoms with Gasteiger partial charge in [-0.1, -0.05) is 30.3 Å². The van der Waals surface area contributed by atoms with Crippen molar-refractivity contribution in [2.24, 2.45) is 0 Å². The average molecular weight is 406 g/mol. The van der Waals surface area contributed by atoms with Crippen LogP contribution < -0.4 is 10.6 Å².